The maximum atomic E-state index is 2.64. The Labute approximate surface area is 364 Å². The summed E-state index contributed by atoms with van der Waals surface area (Å²) < 4.78 is 1.73. The van der Waals surface area contributed by atoms with Gasteiger partial charge in [-0.05, 0) is 0 Å². The first kappa shape index (κ1) is 45.3. The van der Waals surface area contributed by atoms with Gasteiger partial charge in [0.1, 0.15) is 0 Å². The van der Waals surface area contributed by atoms with Crippen molar-refractivity contribution in [2.75, 3.05) is 0 Å². The molecule has 0 aliphatic heterocycles. The maximum Gasteiger partial charge on any atom is -0.147 e. The van der Waals surface area contributed by atoms with E-state index < -0.39 is 24.3 Å². The third-order valence-electron chi connectivity index (χ3n) is 12.5. The van der Waals surface area contributed by atoms with Crippen molar-refractivity contribution in [1.29, 1.82) is 0 Å². The second-order valence-electron chi connectivity index (χ2n) is 15.4. The normalized spacial score (nSPS) is 13.9. The first-order valence-corrected chi connectivity index (χ1v) is 24.2. The number of halogens is 3. The Kier molecular flexibility index (Phi) is 14.9. The molecule has 0 aromatic heterocycles. The third kappa shape index (κ3) is 8.15. The number of rotatable bonds is 8. The van der Waals surface area contributed by atoms with Gasteiger partial charge in [0.15, 0.2) is 0 Å². The first-order chi connectivity index (χ1) is 25.4. The first-order valence-electron chi connectivity index (χ1n) is 19.1. The molecule has 1 unspecified atom stereocenters. The van der Waals surface area contributed by atoms with E-state index in [1.165, 1.54) is 72.3 Å². The SMILES string of the molecule is CC1=C(C)C(C)[C]([Ti][Si](c2cc(-c3ccccc3)cc(C)c2C)(c2cc(-c3ccccc3)cc(C)c2C)c2cc(-c3ccccc3)cc(C)c2C)=C1C.Cl.Cl.Cl. The summed E-state index contributed by atoms with van der Waals surface area (Å²) in [7, 11) is 0. The van der Waals surface area contributed by atoms with E-state index in [0.29, 0.717) is 5.92 Å². The molecular weight excluding hydrogens is 795 g/mol. The van der Waals surface area contributed by atoms with Crippen molar-refractivity contribution < 1.29 is 18.4 Å². The predicted molar refractivity (Wildman–Crippen MR) is 251 cm³/mol. The van der Waals surface area contributed by atoms with E-state index in [1.54, 1.807) is 30.6 Å². The Morgan fingerprint density at radius 3 is 0.964 bits per heavy atom. The summed E-state index contributed by atoms with van der Waals surface area (Å²) in [6, 6.07) is 48.4. The van der Waals surface area contributed by atoms with Crippen LogP contribution in [0.3, 0.4) is 0 Å². The topological polar surface area (TPSA) is 0 Å². The zero-order valence-electron chi connectivity index (χ0n) is 34.4. The van der Waals surface area contributed by atoms with Crippen molar-refractivity contribution in [3.8, 4) is 33.4 Å². The van der Waals surface area contributed by atoms with Crippen LogP contribution in [0.25, 0.3) is 33.4 Å². The molecule has 5 heteroatoms. The largest absolute Gasteiger partial charge is 0.147 e. The van der Waals surface area contributed by atoms with Crippen molar-refractivity contribution in [2.45, 2.75) is 69.2 Å². The van der Waals surface area contributed by atoms with Gasteiger partial charge in [-0.15, -0.1) is 37.2 Å². The molecule has 6 aromatic carbocycles. The summed E-state index contributed by atoms with van der Waals surface area (Å²) in [5, 5.41) is 4.77. The molecule has 1 aliphatic carbocycles. The molecule has 288 valence electrons. The minimum absolute atomic E-state index is 0. The number of allylic oxidation sites excluding steroid dienone is 4. The van der Waals surface area contributed by atoms with Gasteiger partial charge in [-0.3, -0.25) is 0 Å². The van der Waals surface area contributed by atoms with Crippen LogP contribution in [0.5, 0.6) is 0 Å². The molecule has 0 heterocycles. The van der Waals surface area contributed by atoms with Crippen molar-refractivity contribution >= 4 is 58.7 Å². The van der Waals surface area contributed by atoms with Gasteiger partial charge < -0.3 is 0 Å². The summed E-state index contributed by atoms with van der Waals surface area (Å²) in [5.74, 6) is -2.36. The quantitative estimate of drug-likeness (QED) is 0.106. The number of aryl methyl sites for hydroxylation is 3. The minimum atomic E-state index is -2.81. The van der Waals surface area contributed by atoms with E-state index in [2.05, 4.69) is 197 Å². The van der Waals surface area contributed by atoms with Gasteiger partial charge in [0.25, 0.3) is 0 Å². The molecule has 0 saturated heterocycles. The van der Waals surface area contributed by atoms with E-state index in [1.807, 2.05) is 0 Å². The van der Waals surface area contributed by atoms with Gasteiger partial charge in [0, 0.05) is 0 Å². The van der Waals surface area contributed by atoms with Crippen LogP contribution >= 0.6 is 37.2 Å². The number of hydrogen-bond acceptors (Lipinski definition) is 0. The number of benzene rings is 6. The maximum absolute atomic E-state index is 2.81. The van der Waals surface area contributed by atoms with Crippen LogP contribution in [-0.2, 0) is 18.4 Å². The molecular formula is C51H55Cl3SiTi. The second kappa shape index (κ2) is 18.5. The zero-order chi connectivity index (χ0) is 37.6. The van der Waals surface area contributed by atoms with Gasteiger partial charge in [-0.1, -0.05) is 0 Å². The van der Waals surface area contributed by atoms with Gasteiger partial charge in [0.05, 0.1) is 0 Å². The fraction of sp³-hybridized carbons (Fsp3) is 0.216. The Bertz CT molecular complexity index is 2190. The van der Waals surface area contributed by atoms with Crippen molar-refractivity contribution in [3.05, 3.63) is 181 Å². The van der Waals surface area contributed by atoms with E-state index in [9.17, 15) is 0 Å². The van der Waals surface area contributed by atoms with E-state index >= 15 is 0 Å². The molecule has 6 aromatic rings. The fourth-order valence-electron chi connectivity index (χ4n) is 8.54. The molecule has 0 fully saturated rings. The summed E-state index contributed by atoms with van der Waals surface area (Å²) >= 11 is -0.780. The fourth-order valence-corrected chi connectivity index (χ4v) is 24.0. The smallest absolute Gasteiger partial charge is 0.147 e. The minimum Gasteiger partial charge on any atom is -0.147 e. The molecule has 0 radical (unpaired) electrons. The van der Waals surface area contributed by atoms with Gasteiger partial charge in [0.2, 0.25) is 0 Å². The summed E-state index contributed by atoms with van der Waals surface area (Å²) in [6.45, 7) is 24.0. The van der Waals surface area contributed by atoms with Crippen molar-refractivity contribution in [3.63, 3.8) is 0 Å². The number of hydrogen-bond donors (Lipinski definition) is 0. The average molecular weight is 850 g/mol. The van der Waals surface area contributed by atoms with Crippen molar-refractivity contribution in [2.24, 2.45) is 5.92 Å². The monoisotopic (exact) mass is 848 g/mol. The predicted octanol–water partition coefficient (Wildman–Crippen LogP) is 13.1. The molecule has 1 aliphatic rings. The van der Waals surface area contributed by atoms with Crippen LogP contribution < -0.4 is 15.6 Å². The molecule has 0 saturated carbocycles. The van der Waals surface area contributed by atoms with E-state index in [0.717, 1.165) is 0 Å². The Morgan fingerprint density at radius 1 is 0.393 bits per heavy atom. The van der Waals surface area contributed by atoms with E-state index in [-0.39, 0.29) is 37.2 Å². The molecule has 0 N–H and O–H groups in total. The molecule has 56 heavy (non-hydrogen) atoms. The average Bonchev–Trinajstić information content (AvgIpc) is 3.35. The van der Waals surface area contributed by atoms with Gasteiger partial charge in [-0.25, -0.2) is 0 Å². The van der Waals surface area contributed by atoms with E-state index in [4.69, 9.17) is 0 Å². The molecule has 7 rings (SSSR count). The van der Waals surface area contributed by atoms with Gasteiger partial charge in [-0.2, -0.15) is 0 Å². The molecule has 1 atom stereocenters. The van der Waals surface area contributed by atoms with Crippen LogP contribution in [0.4, 0.5) is 0 Å². The van der Waals surface area contributed by atoms with Crippen molar-refractivity contribution in [1.82, 2.24) is 0 Å². The van der Waals surface area contributed by atoms with Crippen LogP contribution in [-0.4, -0.2) is 5.94 Å². The molecule has 0 spiro atoms. The molecule has 0 bridgehead atoms. The van der Waals surface area contributed by atoms with Crippen LogP contribution in [0.2, 0.25) is 0 Å². The zero-order valence-corrected chi connectivity index (χ0v) is 39.4. The Hall–Kier alpha value is -3.40. The summed E-state index contributed by atoms with van der Waals surface area (Å²) in [5.41, 5.74) is 20.9. The van der Waals surface area contributed by atoms with Crippen LogP contribution in [0.1, 0.15) is 61.1 Å². The third-order valence-corrected chi connectivity index (χ3v) is 25.2. The summed E-state index contributed by atoms with van der Waals surface area (Å²) in [4.78, 5) is 0. The molecule has 0 nitrogen and oxygen atoms in total. The standard InChI is InChI=1S/C42H39Si.C9H13.3ClH.Ti/c1-28-22-37(34-16-10-7-11-17-34)25-40(31(28)4)43(41-26-38(23-29(2)32(41)5)35-18-12-8-13-19-35)42-27-39(24-30(3)33(42)6)36-20-14-9-15-21-36;1-6-5-7(2)9(4)8(6)3;;;;/h7-27H,1-6H3;6H,1-4H3;3*1H;. The Morgan fingerprint density at radius 2 is 0.696 bits per heavy atom. The summed E-state index contributed by atoms with van der Waals surface area (Å²) in [6.07, 6.45) is 0. The van der Waals surface area contributed by atoms with Crippen LogP contribution in [0.15, 0.2) is 148 Å². The Balaban J connectivity index is 0.00000232. The van der Waals surface area contributed by atoms with Crippen LogP contribution in [0, 0.1) is 47.5 Å². The second-order valence-corrected chi connectivity index (χ2v) is 24.3. The molecule has 0 amide bonds. The van der Waals surface area contributed by atoms with Gasteiger partial charge >= 0.3 is 330 Å².